The van der Waals surface area contributed by atoms with Gasteiger partial charge in [-0.25, -0.2) is 13.1 Å². The highest BCUT2D eigenvalue weighted by molar-refractivity contribution is 7.89. The zero-order chi connectivity index (χ0) is 18.0. The van der Waals surface area contributed by atoms with Gasteiger partial charge in [0.05, 0.1) is 11.2 Å². The molecule has 1 aromatic carbocycles. The SMILES string of the molecule is O=S(=O)(NCc1cncc(-c2ccco2)c1)c1ccc2c(c1)OCCO2. The molecule has 2 aromatic heterocycles. The fourth-order valence-corrected chi connectivity index (χ4v) is 3.65. The largest absolute Gasteiger partial charge is 0.486 e. The highest BCUT2D eigenvalue weighted by Gasteiger charge is 2.19. The third-order valence-electron chi connectivity index (χ3n) is 3.89. The Hall–Kier alpha value is -2.84. The van der Waals surface area contributed by atoms with Gasteiger partial charge in [-0.1, -0.05) is 0 Å². The van der Waals surface area contributed by atoms with Crippen molar-refractivity contribution in [1.29, 1.82) is 0 Å². The van der Waals surface area contributed by atoms with Crippen molar-refractivity contribution in [2.24, 2.45) is 0 Å². The molecule has 0 saturated carbocycles. The van der Waals surface area contributed by atoms with E-state index in [-0.39, 0.29) is 11.4 Å². The molecule has 0 radical (unpaired) electrons. The predicted octanol–water partition coefficient (Wildman–Crippen LogP) is 2.59. The van der Waals surface area contributed by atoms with Crippen molar-refractivity contribution in [1.82, 2.24) is 9.71 Å². The summed E-state index contributed by atoms with van der Waals surface area (Å²) in [4.78, 5) is 4.26. The molecule has 3 aromatic rings. The van der Waals surface area contributed by atoms with Crippen molar-refractivity contribution in [3.05, 3.63) is 60.6 Å². The van der Waals surface area contributed by atoms with Crippen LogP contribution in [0.4, 0.5) is 0 Å². The molecular formula is C18H16N2O5S. The molecule has 0 bridgehead atoms. The number of fused-ring (bicyclic) bond motifs is 1. The van der Waals surface area contributed by atoms with Gasteiger partial charge in [0, 0.05) is 30.6 Å². The van der Waals surface area contributed by atoms with Gasteiger partial charge in [-0.2, -0.15) is 0 Å². The number of aromatic nitrogens is 1. The van der Waals surface area contributed by atoms with Gasteiger partial charge in [0.25, 0.3) is 0 Å². The van der Waals surface area contributed by atoms with Crippen LogP contribution < -0.4 is 14.2 Å². The standard InChI is InChI=1S/C18H16N2O5S/c21-26(22,15-3-4-17-18(9-15)25-7-6-24-17)20-11-13-8-14(12-19-10-13)16-2-1-5-23-16/h1-5,8-10,12,20H,6-7,11H2. The van der Waals surface area contributed by atoms with Crippen LogP contribution >= 0.6 is 0 Å². The Bertz CT molecular complexity index is 1020. The number of nitrogens with one attached hydrogen (secondary N) is 1. The Morgan fingerprint density at radius 2 is 1.88 bits per heavy atom. The Balaban J connectivity index is 1.51. The molecule has 134 valence electrons. The molecule has 1 aliphatic heterocycles. The molecule has 26 heavy (non-hydrogen) atoms. The molecule has 0 unspecified atom stereocenters. The maximum absolute atomic E-state index is 12.6. The van der Waals surface area contributed by atoms with Gasteiger partial charge in [-0.3, -0.25) is 4.98 Å². The third-order valence-corrected chi connectivity index (χ3v) is 5.29. The van der Waals surface area contributed by atoms with Crippen LogP contribution in [0.15, 0.2) is 64.4 Å². The molecule has 8 heteroatoms. The van der Waals surface area contributed by atoms with Gasteiger partial charge >= 0.3 is 0 Å². The summed E-state index contributed by atoms with van der Waals surface area (Å²) in [5.74, 6) is 1.65. The fourth-order valence-electron chi connectivity index (χ4n) is 2.61. The second-order valence-corrected chi connectivity index (χ2v) is 7.46. The van der Waals surface area contributed by atoms with E-state index in [0.29, 0.717) is 30.5 Å². The van der Waals surface area contributed by atoms with Crippen molar-refractivity contribution < 1.29 is 22.3 Å². The van der Waals surface area contributed by atoms with Crippen LogP contribution in [0.5, 0.6) is 11.5 Å². The second kappa shape index (κ2) is 6.81. The Labute approximate surface area is 150 Å². The number of pyridine rings is 1. The van der Waals surface area contributed by atoms with E-state index in [2.05, 4.69) is 9.71 Å². The van der Waals surface area contributed by atoms with Crippen molar-refractivity contribution in [3.63, 3.8) is 0 Å². The quantitative estimate of drug-likeness (QED) is 0.740. The summed E-state index contributed by atoms with van der Waals surface area (Å²) in [6.45, 7) is 0.962. The molecule has 0 atom stereocenters. The van der Waals surface area contributed by atoms with Gasteiger partial charge in [0.1, 0.15) is 19.0 Å². The highest BCUT2D eigenvalue weighted by atomic mass is 32.2. The van der Waals surface area contributed by atoms with E-state index in [1.54, 1.807) is 30.8 Å². The highest BCUT2D eigenvalue weighted by Crippen LogP contribution is 2.32. The first-order valence-corrected chi connectivity index (χ1v) is 9.47. The van der Waals surface area contributed by atoms with Crippen LogP contribution in [0.2, 0.25) is 0 Å². The summed E-state index contributed by atoms with van der Waals surface area (Å²) in [5.41, 5.74) is 1.51. The maximum atomic E-state index is 12.6. The molecule has 1 aliphatic rings. The topological polar surface area (TPSA) is 90.7 Å². The van der Waals surface area contributed by atoms with E-state index in [4.69, 9.17) is 13.9 Å². The van der Waals surface area contributed by atoms with E-state index in [1.165, 1.54) is 12.1 Å². The Morgan fingerprint density at radius 3 is 2.69 bits per heavy atom. The Morgan fingerprint density at radius 1 is 1.04 bits per heavy atom. The lowest BCUT2D eigenvalue weighted by molar-refractivity contribution is 0.171. The lowest BCUT2D eigenvalue weighted by atomic mass is 10.2. The van der Waals surface area contributed by atoms with E-state index < -0.39 is 10.0 Å². The molecule has 0 saturated heterocycles. The van der Waals surface area contributed by atoms with E-state index >= 15 is 0 Å². The fraction of sp³-hybridized carbons (Fsp3) is 0.167. The van der Waals surface area contributed by atoms with Crippen molar-refractivity contribution in [2.45, 2.75) is 11.4 Å². The number of ether oxygens (including phenoxy) is 2. The van der Waals surface area contributed by atoms with Crippen molar-refractivity contribution in [2.75, 3.05) is 13.2 Å². The lowest BCUT2D eigenvalue weighted by Gasteiger charge is -2.18. The number of benzene rings is 1. The molecule has 3 heterocycles. The number of hydrogen-bond acceptors (Lipinski definition) is 6. The molecule has 0 fully saturated rings. The first-order valence-electron chi connectivity index (χ1n) is 7.99. The minimum atomic E-state index is -3.70. The molecule has 7 nitrogen and oxygen atoms in total. The second-order valence-electron chi connectivity index (χ2n) is 5.69. The molecule has 0 aliphatic carbocycles. The van der Waals surface area contributed by atoms with Crippen LogP contribution in [0.1, 0.15) is 5.56 Å². The third kappa shape index (κ3) is 3.42. The molecule has 0 spiro atoms. The lowest BCUT2D eigenvalue weighted by Crippen LogP contribution is -2.24. The minimum absolute atomic E-state index is 0.109. The van der Waals surface area contributed by atoms with Crippen LogP contribution in [-0.4, -0.2) is 26.6 Å². The molecule has 0 amide bonds. The first kappa shape index (κ1) is 16.6. The minimum Gasteiger partial charge on any atom is -0.486 e. The number of nitrogens with zero attached hydrogens (tertiary/aromatic N) is 1. The van der Waals surface area contributed by atoms with Crippen LogP contribution in [-0.2, 0) is 16.6 Å². The monoisotopic (exact) mass is 372 g/mol. The summed E-state index contributed by atoms with van der Waals surface area (Å²) in [6.07, 6.45) is 4.85. The number of rotatable bonds is 5. The number of furan rings is 1. The smallest absolute Gasteiger partial charge is 0.241 e. The molecule has 4 rings (SSSR count). The first-order chi connectivity index (χ1) is 12.6. The van der Waals surface area contributed by atoms with Gasteiger partial charge in [0.2, 0.25) is 10.0 Å². The zero-order valence-corrected chi connectivity index (χ0v) is 14.5. The summed E-state index contributed by atoms with van der Waals surface area (Å²) < 4.78 is 43.9. The van der Waals surface area contributed by atoms with Gasteiger partial charge in [-0.15, -0.1) is 0 Å². The predicted molar refractivity (Wildman–Crippen MR) is 93.4 cm³/mol. The van der Waals surface area contributed by atoms with E-state index in [0.717, 1.165) is 11.1 Å². The van der Waals surface area contributed by atoms with E-state index in [1.807, 2.05) is 12.1 Å². The van der Waals surface area contributed by atoms with Gasteiger partial charge in [-0.05, 0) is 35.9 Å². The summed E-state index contributed by atoms with van der Waals surface area (Å²) in [5, 5.41) is 0. The summed E-state index contributed by atoms with van der Waals surface area (Å²) in [7, 11) is -3.70. The number of hydrogen-bond donors (Lipinski definition) is 1. The average Bonchev–Trinajstić information content (AvgIpc) is 3.21. The normalized spacial score (nSPS) is 13.5. The van der Waals surface area contributed by atoms with Gasteiger partial charge < -0.3 is 13.9 Å². The average molecular weight is 372 g/mol. The zero-order valence-electron chi connectivity index (χ0n) is 13.7. The van der Waals surface area contributed by atoms with E-state index in [9.17, 15) is 8.42 Å². The van der Waals surface area contributed by atoms with Gasteiger partial charge in [0.15, 0.2) is 11.5 Å². The number of sulfonamides is 1. The Kier molecular flexibility index (Phi) is 4.36. The molecule has 1 N–H and O–H groups in total. The van der Waals surface area contributed by atoms with Crippen molar-refractivity contribution in [3.8, 4) is 22.8 Å². The summed E-state index contributed by atoms with van der Waals surface area (Å²) in [6, 6.07) is 9.99. The van der Waals surface area contributed by atoms with Crippen LogP contribution in [0, 0.1) is 0 Å². The summed E-state index contributed by atoms with van der Waals surface area (Å²) >= 11 is 0. The maximum Gasteiger partial charge on any atom is 0.241 e. The van der Waals surface area contributed by atoms with Crippen molar-refractivity contribution >= 4 is 10.0 Å². The molecular weight excluding hydrogens is 356 g/mol. The van der Waals surface area contributed by atoms with Crippen LogP contribution in [0.3, 0.4) is 0 Å². The van der Waals surface area contributed by atoms with Crippen LogP contribution in [0.25, 0.3) is 11.3 Å².